The van der Waals surface area contributed by atoms with Crippen molar-refractivity contribution in [3.05, 3.63) is 71.2 Å². The van der Waals surface area contributed by atoms with Gasteiger partial charge in [0.25, 0.3) is 5.91 Å². The number of carbonyl (C=O) groups excluding carboxylic acids is 1. The second kappa shape index (κ2) is 9.64. The minimum atomic E-state index is -0.692. The number of carbonyl (C=O) groups is 1. The first-order valence-corrected chi connectivity index (χ1v) is 8.48. The SMILES string of the molecule is C=CCOc1ccccc1/C=N/NC(=O)C(C)Oc1ccccc1Br. The van der Waals surface area contributed by atoms with Crippen LogP contribution in [0.3, 0.4) is 0 Å². The van der Waals surface area contributed by atoms with Crippen molar-refractivity contribution in [3.63, 3.8) is 0 Å². The highest BCUT2D eigenvalue weighted by Crippen LogP contribution is 2.24. The standard InChI is InChI=1S/C19H19BrN2O3/c1-3-12-24-17-10-6-4-8-15(17)13-21-22-19(23)14(2)25-18-11-7-5-9-16(18)20/h3-11,13-14H,1,12H2,2H3,(H,22,23)/b21-13+. The van der Waals surface area contributed by atoms with Gasteiger partial charge in [0.15, 0.2) is 6.10 Å². The lowest BCUT2D eigenvalue weighted by atomic mass is 10.2. The summed E-state index contributed by atoms with van der Waals surface area (Å²) in [6.45, 7) is 5.67. The number of halogens is 1. The van der Waals surface area contributed by atoms with Gasteiger partial charge in [-0.2, -0.15) is 5.10 Å². The maximum Gasteiger partial charge on any atom is 0.280 e. The van der Waals surface area contributed by atoms with Gasteiger partial charge in [-0.05, 0) is 47.1 Å². The predicted octanol–water partition coefficient (Wildman–Crippen LogP) is 3.93. The van der Waals surface area contributed by atoms with Crippen LogP contribution >= 0.6 is 15.9 Å². The number of nitrogens with zero attached hydrogens (tertiary/aromatic N) is 1. The third-order valence-corrected chi connectivity index (χ3v) is 3.82. The fourth-order valence-corrected chi connectivity index (χ4v) is 2.29. The molecule has 1 unspecified atom stereocenters. The van der Waals surface area contributed by atoms with Gasteiger partial charge in [-0.15, -0.1) is 0 Å². The molecule has 0 aliphatic carbocycles. The Bertz CT molecular complexity index is 762. The summed E-state index contributed by atoms with van der Waals surface area (Å²) >= 11 is 3.38. The molecule has 5 nitrogen and oxygen atoms in total. The number of benzene rings is 2. The van der Waals surface area contributed by atoms with E-state index in [1.807, 2.05) is 42.5 Å². The molecule has 1 atom stereocenters. The van der Waals surface area contributed by atoms with E-state index in [-0.39, 0.29) is 5.91 Å². The van der Waals surface area contributed by atoms with Gasteiger partial charge in [-0.25, -0.2) is 5.43 Å². The summed E-state index contributed by atoms with van der Waals surface area (Å²) in [6.07, 6.45) is 2.50. The summed E-state index contributed by atoms with van der Waals surface area (Å²) in [7, 11) is 0. The van der Waals surface area contributed by atoms with Crippen LogP contribution in [0.1, 0.15) is 12.5 Å². The quantitative estimate of drug-likeness (QED) is 0.413. The van der Waals surface area contributed by atoms with E-state index in [0.717, 1.165) is 10.0 Å². The summed E-state index contributed by atoms with van der Waals surface area (Å²) in [6, 6.07) is 14.7. The number of hydrogen-bond acceptors (Lipinski definition) is 4. The van der Waals surface area contributed by atoms with Crippen LogP contribution < -0.4 is 14.9 Å². The molecule has 0 heterocycles. The van der Waals surface area contributed by atoms with Crippen LogP contribution in [-0.2, 0) is 4.79 Å². The number of hydrogen-bond donors (Lipinski definition) is 1. The van der Waals surface area contributed by atoms with E-state index in [1.54, 1.807) is 19.1 Å². The molecule has 0 radical (unpaired) electrons. The number of nitrogens with one attached hydrogen (secondary N) is 1. The van der Waals surface area contributed by atoms with Crippen molar-refractivity contribution in [3.8, 4) is 11.5 Å². The lowest BCUT2D eigenvalue weighted by Crippen LogP contribution is -2.33. The molecule has 25 heavy (non-hydrogen) atoms. The second-order valence-electron chi connectivity index (χ2n) is 5.06. The van der Waals surface area contributed by atoms with Gasteiger partial charge < -0.3 is 9.47 Å². The third kappa shape index (κ3) is 5.76. The molecule has 0 bridgehead atoms. The molecule has 0 saturated carbocycles. The summed E-state index contributed by atoms with van der Waals surface area (Å²) < 4.78 is 11.9. The molecular formula is C19H19BrN2O3. The van der Waals surface area contributed by atoms with Crippen LogP contribution in [0.15, 0.2) is 70.8 Å². The molecular weight excluding hydrogens is 384 g/mol. The molecule has 6 heteroatoms. The normalized spacial score (nSPS) is 11.8. The van der Waals surface area contributed by atoms with Crippen molar-refractivity contribution < 1.29 is 14.3 Å². The fraction of sp³-hybridized carbons (Fsp3) is 0.158. The zero-order valence-corrected chi connectivity index (χ0v) is 15.4. The van der Waals surface area contributed by atoms with Crippen LogP contribution in [0, 0.1) is 0 Å². The van der Waals surface area contributed by atoms with Crippen molar-refractivity contribution in [1.29, 1.82) is 0 Å². The average molecular weight is 403 g/mol. The number of para-hydroxylation sites is 2. The first-order chi connectivity index (χ1) is 12.1. The average Bonchev–Trinajstić information content (AvgIpc) is 2.62. The minimum Gasteiger partial charge on any atom is -0.489 e. The van der Waals surface area contributed by atoms with E-state index < -0.39 is 6.10 Å². The van der Waals surface area contributed by atoms with Crippen molar-refractivity contribution >= 4 is 28.1 Å². The Hall–Kier alpha value is -2.60. The van der Waals surface area contributed by atoms with Crippen LogP contribution in [-0.4, -0.2) is 24.8 Å². The van der Waals surface area contributed by atoms with Gasteiger partial charge in [-0.1, -0.05) is 36.9 Å². The van der Waals surface area contributed by atoms with E-state index in [0.29, 0.717) is 18.1 Å². The molecule has 2 rings (SSSR count). The summed E-state index contributed by atoms with van der Waals surface area (Å²) in [5, 5.41) is 3.97. The topological polar surface area (TPSA) is 59.9 Å². The molecule has 1 N–H and O–H groups in total. The molecule has 0 aromatic heterocycles. The monoisotopic (exact) mass is 402 g/mol. The van der Waals surface area contributed by atoms with Gasteiger partial charge in [0.2, 0.25) is 0 Å². The molecule has 0 fully saturated rings. The third-order valence-electron chi connectivity index (χ3n) is 3.16. The van der Waals surface area contributed by atoms with E-state index in [1.165, 1.54) is 6.21 Å². The highest BCUT2D eigenvalue weighted by atomic mass is 79.9. The Morgan fingerprint density at radius 1 is 1.24 bits per heavy atom. The van der Waals surface area contributed by atoms with E-state index >= 15 is 0 Å². The van der Waals surface area contributed by atoms with Crippen LogP contribution in [0.4, 0.5) is 0 Å². The Kier molecular flexibility index (Phi) is 7.22. The molecule has 130 valence electrons. The van der Waals surface area contributed by atoms with Crippen LogP contribution in [0.25, 0.3) is 0 Å². The van der Waals surface area contributed by atoms with Gasteiger partial charge in [0.05, 0.1) is 10.7 Å². The summed E-state index contributed by atoms with van der Waals surface area (Å²) in [5.74, 6) is 0.909. The highest BCUT2D eigenvalue weighted by molar-refractivity contribution is 9.10. The largest absolute Gasteiger partial charge is 0.489 e. The predicted molar refractivity (Wildman–Crippen MR) is 102 cm³/mol. The second-order valence-corrected chi connectivity index (χ2v) is 5.92. The zero-order chi connectivity index (χ0) is 18.1. The molecule has 0 spiro atoms. The summed E-state index contributed by atoms with van der Waals surface area (Å²) in [4.78, 5) is 12.1. The van der Waals surface area contributed by atoms with Crippen molar-refractivity contribution in [2.24, 2.45) is 5.10 Å². The molecule has 2 aromatic carbocycles. The molecule has 0 saturated heterocycles. The Morgan fingerprint density at radius 2 is 1.92 bits per heavy atom. The maximum atomic E-state index is 12.1. The number of rotatable bonds is 8. The van der Waals surface area contributed by atoms with E-state index in [4.69, 9.17) is 9.47 Å². The molecule has 0 aliphatic heterocycles. The lowest BCUT2D eigenvalue weighted by Gasteiger charge is -2.14. The van der Waals surface area contributed by atoms with Gasteiger partial charge in [-0.3, -0.25) is 4.79 Å². The lowest BCUT2D eigenvalue weighted by molar-refractivity contribution is -0.127. The van der Waals surface area contributed by atoms with Crippen LogP contribution in [0.2, 0.25) is 0 Å². The van der Waals surface area contributed by atoms with Gasteiger partial charge >= 0.3 is 0 Å². The fourth-order valence-electron chi connectivity index (χ4n) is 1.91. The van der Waals surface area contributed by atoms with Crippen molar-refractivity contribution in [2.75, 3.05) is 6.61 Å². The molecule has 0 aliphatic rings. The number of ether oxygens (including phenoxy) is 2. The number of amides is 1. The Balaban J connectivity index is 1.94. The van der Waals surface area contributed by atoms with Gasteiger partial charge in [0, 0.05) is 5.56 Å². The maximum absolute atomic E-state index is 12.1. The van der Waals surface area contributed by atoms with Crippen molar-refractivity contribution in [1.82, 2.24) is 5.43 Å². The number of hydrazone groups is 1. The van der Waals surface area contributed by atoms with Crippen LogP contribution in [0.5, 0.6) is 11.5 Å². The minimum absolute atomic E-state index is 0.350. The summed E-state index contributed by atoms with van der Waals surface area (Å²) in [5.41, 5.74) is 3.22. The van der Waals surface area contributed by atoms with E-state index in [2.05, 4.69) is 33.0 Å². The Morgan fingerprint density at radius 3 is 2.64 bits per heavy atom. The van der Waals surface area contributed by atoms with E-state index in [9.17, 15) is 4.79 Å². The smallest absolute Gasteiger partial charge is 0.280 e. The first kappa shape index (κ1) is 18.7. The zero-order valence-electron chi connectivity index (χ0n) is 13.8. The molecule has 2 aromatic rings. The van der Waals surface area contributed by atoms with Gasteiger partial charge in [0.1, 0.15) is 18.1 Å². The first-order valence-electron chi connectivity index (χ1n) is 7.68. The molecule has 1 amide bonds. The van der Waals surface area contributed by atoms with Crippen molar-refractivity contribution in [2.45, 2.75) is 13.0 Å². The Labute approximate surface area is 155 Å². The highest BCUT2D eigenvalue weighted by Gasteiger charge is 2.15.